The van der Waals surface area contributed by atoms with E-state index in [0.29, 0.717) is 5.92 Å². The highest BCUT2D eigenvalue weighted by Crippen LogP contribution is 2.23. The van der Waals surface area contributed by atoms with Gasteiger partial charge in [-0.15, -0.1) is 0 Å². The second-order valence-corrected chi connectivity index (χ2v) is 5.75. The van der Waals surface area contributed by atoms with Crippen LogP contribution in [0.2, 0.25) is 0 Å². The van der Waals surface area contributed by atoms with Crippen molar-refractivity contribution in [3.8, 4) is 0 Å². The molecule has 0 spiro atoms. The van der Waals surface area contributed by atoms with E-state index in [9.17, 15) is 4.79 Å². The average molecular weight is 276 g/mol. The smallest absolute Gasteiger partial charge is 0.236 e. The number of rotatable bonds is 3. The predicted octanol–water partition coefficient (Wildman–Crippen LogP) is 2.31. The van der Waals surface area contributed by atoms with Crippen LogP contribution in [0.15, 0.2) is 30.3 Å². The number of benzene rings is 1. The molecule has 1 fully saturated rings. The van der Waals surface area contributed by atoms with Gasteiger partial charge in [0.1, 0.15) is 5.92 Å². The molecule has 0 saturated carbocycles. The molecule has 3 nitrogen and oxygen atoms in total. The summed E-state index contributed by atoms with van der Waals surface area (Å²) in [4.78, 5) is 14.8. The summed E-state index contributed by atoms with van der Waals surface area (Å²) in [5.74, 6) is 0.118. The maximum absolute atomic E-state index is 12.6. The van der Waals surface area contributed by atoms with Gasteiger partial charge in [-0.1, -0.05) is 49.5 Å². The zero-order valence-corrected chi connectivity index (χ0v) is 12.0. The van der Waals surface area contributed by atoms with Gasteiger partial charge in [-0.05, 0) is 24.3 Å². The largest absolute Gasteiger partial charge is 0.392 e. The third kappa shape index (κ3) is 3.32. The number of carbonyl (C=O) groups excluding carboxylic acids is 1. The molecule has 2 atom stereocenters. The van der Waals surface area contributed by atoms with Gasteiger partial charge in [0.25, 0.3) is 0 Å². The molecule has 1 aromatic rings. The monoisotopic (exact) mass is 276 g/mol. The number of carbonyl (C=O) groups is 1. The van der Waals surface area contributed by atoms with E-state index in [2.05, 4.69) is 6.92 Å². The van der Waals surface area contributed by atoms with Gasteiger partial charge in [-0.25, -0.2) is 0 Å². The molecule has 1 aliphatic heterocycles. The third-order valence-electron chi connectivity index (χ3n) is 3.63. The summed E-state index contributed by atoms with van der Waals surface area (Å²) < 4.78 is 0. The SMILES string of the molecule is CC1CCCN(C(=O)C(C(N)=S)c2ccccc2)C1. The summed E-state index contributed by atoms with van der Waals surface area (Å²) in [7, 11) is 0. The van der Waals surface area contributed by atoms with E-state index in [-0.39, 0.29) is 10.9 Å². The summed E-state index contributed by atoms with van der Waals surface area (Å²) in [5.41, 5.74) is 6.68. The van der Waals surface area contributed by atoms with Crippen molar-refractivity contribution in [2.45, 2.75) is 25.7 Å². The van der Waals surface area contributed by atoms with E-state index in [1.54, 1.807) is 0 Å². The van der Waals surface area contributed by atoms with Gasteiger partial charge in [0.15, 0.2) is 0 Å². The number of nitrogens with two attached hydrogens (primary N) is 1. The zero-order valence-electron chi connectivity index (χ0n) is 11.2. The lowest BCUT2D eigenvalue weighted by Gasteiger charge is -2.33. The number of likely N-dealkylation sites (tertiary alicyclic amines) is 1. The number of hydrogen-bond acceptors (Lipinski definition) is 2. The second-order valence-electron chi connectivity index (χ2n) is 5.28. The van der Waals surface area contributed by atoms with Crippen molar-refractivity contribution < 1.29 is 4.79 Å². The Balaban J connectivity index is 2.20. The highest BCUT2D eigenvalue weighted by molar-refractivity contribution is 7.80. The first-order chi connectivity index (χ1) is 9.09. The molecule has 1 saturated heterocycles. The quantitative estimate of drug-likeness (QED) is 0.862. The van der Waals surface area contributed by atoms with Crippen LogP contribution in [-0.2, 0) is 4.79 Å². The topological polar surface area (TPSA) is 46.3 Å². The second kappa shape index (κ2) is 6.15. The fourth-order valence-corrected chi connectivity index (χ4v) is 2.88. The summed E-state index contributed by atoms with van der Waals surface area (Å²) in [6.45, 7) is 3.80. The Morgan fingerprint density at radius 2 is 2.11 bits per heavy atom. The summed E-state index contributed by atoms with van der Waals surface area (Å²) in [6.07, 6.45) is 2.25. The van der Waals surface area contributed by atoms with E-state index in [4.69, 9.17) is 18.0 Å². The Labute approximate surface area is 119 Å². The Kier molecular flexibility index (Phi) is 4.53. The van der Waals surface area contributed by atoms with Crippen molar-refractivity contribution in [2.75, 3.05) is 13.1 Å². The number of thiocarbonyl (C=S) groups is 1. The van der Waals surface area contributed by atoms with Crippen LogP contribution in [0.5, 0.6) is 0 Å². The van der Waals surface area contributed by atoms with Crippen molar-refractivity contribution in [3.05, 3.63) is 35.9 Å². The molecule has 2 unspecified atom stereocenters. The number of piperidine rings is 1. The van der Waals surface area contributed by atoms with Crippen LogP contribution in [0.3, 0.4) is 0 Å². The van der Waals surface area contributed by atoms with E-state index < -0.39 is 5.92 Å². The highest BCUT2D eigenvalue weighted by atomic mass is 32.1. The van der Waals surface area contributed by atoms with Gasteiger partial charge >= 0.3 is 0 Å². The minimum absolute atomic E-state index is 0.0465. The maximum atomic E-state index is 12.6. The molecule has 2 N–H and O–H groups in total. The Morgan fingerprint density at radius 1 is 1.42 bits per heavy atom. The fourth-order valence-electron chi connectivity index (χ4n) is 2.65. The van der Waals surface area contributed by atoms with Crippen molar-refractivity contribution in [1.82, 2.24) is 4.90 Å². The van der Waals surface area contributed by atoms with Crippen molar-refractivity contribution in [3.63, 3.8) is 0 Å². The van der Waals surface area contributed by atoms with E-state index in [1.807, 2.05) is 35.2 Å². The maximum Gasteiger partial charge on any atom is 0.236 e. The lowest BCUT2D eigenvalue weighted by Crippen LogP contribution is -2.44. The van der Waals surface area contributed by atoms with Crippen molar-refractivity contribution in [2.24, 2.45) is 11.7 Å². The van der Waals surface area contributed by atoms with Gasteiger partial charge in [-0.3, -0.25) is 4.79 Å². The zero-order chi connectivity index (χ0) is 13.8. The molecule has 1 aromatic carbocycles. The lowest BCUT2D eigenvalue weighted by molar-refractivity contribution is -0.132. The molecule has 0 aliphatic carbocycles. The summed E-state index contributed by atoms with van der Waals surface area (Å²) in [5, 5.41) is 0. The first-order valence-electron chi connectivity index (χ1n) is 6.72. The Bertz CT molecular complexity index is 460. The van der Waals surface area contributed by atoms with Crippen LogP contribution in [0.25, 0.3) is 0 Å². The van der Waals surface area contributed by atoms with Crippen LogP contribution < -0.4 is 5.73 Å². The van der Waals surface area contributed by atoms with Crippen molar-refractivity contribution >= 4 is 23.1 Å². The van der Waals surface area contributed by atoms with Crippen LogP contribution in [0.1, 0.15) is 31.2 Å². The molecule has 1 amide bonds. The van der Waals surface area contributed by atoms with Crippen LogP contribution in [-0.4, -0.2) is 28.9 Å². The molecular formula is C15H20N2OS. The summed E-state index contributed by atoms with van der Waals surface area (Å²) >= 11 is 5.10. The average Bonchev–Trinajstić information content (AvgIpc) is 2.39. The molecule has 4 heteroatoms. The van der Waals surface area contributed by atoms with E-state index >= 15 is 0 Å². The van der Waals surface area contributed by atoms with Crippen LogP contribution in [0.4, 0.5) is 0 Å². The van der Waals surface area contributed by atoms with E-state index in [1.165, 1.54) is 6.42 Å². The minimum atomic E-state index is -0.485. The van der Waals surface area contributed by atoms with Gasteiger partial charge in [0, 0.05) is 13.1 Å². The normalized spacial score (nSPS) is 20.9. The standard InChI is InChI=1S/C15H20N2OS/c1-11-6-5-9-17(10-11)15(18)13(14(16)19)12-7-3-2-4-8-12/h2-4,7-8,11,13H,5-6,9-10H2,1H3,(H2,16,19). The fraction of sp³-hybridized carbons (Fsp3) is 0.467. The third-order valence-corrected chi connectivity index (χ3v) is 3.87. The van der Waals surface area contributed by atoms with Crippen LogP contribution >= 0.6 is 12.2 Å². The Hall–Kier alpha value is -1.42. The van der Waals surface area contributed by atoms with Crippen LogP contribution in [0, 0.1) is 5.92 Å². The number of hydrogen-bond donors (Lipinski definition) is 1. The molecular weight excluding hydrogens is 256 g/mol. The molecule has 19 heavy (non-hydrogen) atoms. The molecule has 102 valence electrons. The predicted molar refractivity (Wildman–Crippen MR) is 80.9 cm³/mol. The molecule has 0 radical (unpaired) electrons. The van der Waals surface area contributed by atoms with Gasteiger partial charge in [-0.2, -0.15) is 0 Å². The molecule has 0 aromatic heterocycles. The number of nitrogens with zero attached hydrogens (tertiary/aromatic N) is 1. The van der Waals surface area contributed by atoms with Gasteiger partial charge in [0.2, 0.25) is 5.91 Å². The summed E-state index contributed by atoms with van der Waals surface area (Å²) in [6, 6.07) is 9.57. The minimum Gasteiger partial charge on any atom is -0.392 e. The molecule has 1 heterocycles. The van der Waals surface area contributed by atoms with E-state index in [0.717, 1.165) is 25.1 Å². The molecule has 2 rings (SSSR count). The molecule has 0 bridgehead atoms. The lowest BCUT2D eigenvalue weighted by atomic mass is 9.94. The van der Waals surface area contributed by atoms with Gasteiger partial charge in [0.05, 0.1) is 4.99 Å². The molecule has 1 aliphatic rings. The highest BCUT2D eigenvalue weighted by Gasteiger charge is 2.30. The number of amides is 1. The van der Waals surface area contributed by atoms with Crippen molar-refractivity contribution in [1.29, 1.82) is 0 Å². The first kappa shape index (κ1) is 14.0. The van der Waals surface area contributed by atoms with Gasteiger partial charge < -0.3 is 10.6 Å². The Morgan fingerprint density at radius 3 is 2.68 bits per heavy atom. The first-order valence-corrected chi connectivity index (χ1v) is 7.13.